The maximum absolute atomic E-state index is 13.3. The Morgan fingerprint density at radius 3 is 1.76 bits per heavy atom. The van der Waals surface area contributed by atoms with Gasteiger partial charge in [0.1, 0.15) is 23.9 Å². The normalized spacial score (nSPS) is 13.6. The van der Waals surface area contributed by atoms with Crippen molar-refractivity contribution in [2.75, 3.05) is 0 Å². The lowest BCUT2D eigenvalue weighted by atomic mass is 10.0. The molecule has 14 heteroatoms. The molecule has 11 N–H and O–H groups in total. The number of amides is 5. The van der Waals surface area contributed by atoms with Gasteiger partial charge in [0.05, 0.1) is 12.5 Å². The van der Waals surface area contributed by atoms with Crippen molar-refractivity contribution in [2.24, 2.45) is 17.2 Å². The van der Waals surface area contributed by atoms with E-state index in [9.17, 15) is 39.0 Å². The summed E-state index contributed by atoms with van der Waals surface area (Å²) >= 11 is 0. The zero-order valence-electron chi connectivity index (χ0n) is 22.1. The highest BCUT2D eigenvalue weighted by atomic mass is 16.4. The van der Waals surface area contributed by atoms with Crippen LogP contribution in [-0.4, -0.2) is 69.9 Å². The minimum Gasteiger partial charge on any atom is -0.508 e. The van der Waals surface area contributed by atoms with Gasteiger partial charge >= 0.3 is 5.97 Å². The van der Waals surface area contributed by atoms with E-state index in [1.54, 1.807) is 30.3 Å². The maximum atomic E-state index is 13.3. The highest BCUT2D eigenvalue weighted by molar-refractivity contribution is 5.95. The molecule has 0 spiro atoms. The second-order valence-electron chi connectivity index (χ2n) is 9.36. The molecule has 4 atom stereocenters. The van der Waals surface area contributed by atoms with Gasteiger partial charge in [-0.2, -0.15) is 0 Å². The fourth-order valence-corrected chi connectivity index (χ4v) is 3.82. The van der Waals surface area contributed by atoms with Crippen molar-refractivity contribution in [3.8, 4) is 5.75 Å². The summed E-state index contributed by atoms with van der Waals surface area (Å²) in [7, 11) is 0. The molecule has 0 aliphatic carbocycles. The molecule has 2 aromatic carbocycles. The van der Waals surface area contributed by atoms with Gasteiger partial charge in [-0.3, -0.25) is 24.0 Å². The zero-order chi connectivity index (χ0) is 30.5. The molecule has 0 heterocycles. The molecule has 5 amide bonds. The predicted octanol–water partition coefficient (Wildman–Crippen LogP) is -1.82. The highest BCUT2D eigenvalue weighted by Gasteiger charge is 2.31. The van der Waals surface area contributed by atoms with Crippen molar-refractivity contribution in [1.29, 1.82) is 0 Å². The van der Waals surface area contributed by atoms with Crippen LogP contribution >= 0.6 is 0 Å². The number of nitrogens with one attached hydrogen (secondary N) is 3. The summed E-state index contributed by atoms with van der Waals surface area (Å²) in [5, 5.41) is 26.4. The topological polar surface area (TPSA) is 257 Å². The molecule has 0 aliphatic heterocycles. The minimum absolute atomic E-state index is 0.0216. The number of phenolic OH excluding ortho intramolecular Hbond substituents is 1. The van der Waals surface area contributed by atoms with Crippen LogP contribution in [0.2, 0.25) is 0 Å². The number of aromatic hydroxyl groups is 1. The minimum atomic E-state index is -1.41. The SMILES string of the molecule is NC(=O)CCC(NC(=O)C(Cc1ccccc1)NC(=O)C(N)CC(N)=O)C(=O)NC(Cc1ccc(O)cc1)C(=O)O. The van der Waals surface area contributed by atoms with Gasteiger partial charge in [-0.25, -0.2) is 4.79 Å². The standard InChI is InChI=1S/C27H34N6O8/c28-18(14-23(30)36)24(37)32-20(12-15-4-2-1-3-5-15)26(39)31-19(10-11-22(29)35)25(38)33-21(27(40)41)13-16-6-8-17(34)9-7-16/h1-9,18-21,34H,10-14,28H2,(H2,29,35)(H2,30,36)(H,31,39)(H,32,37)(H,33,38)(H,40,41). The molecule has 0 aliphatic rings. The molecule has 14 nitrogen and oxygen atoms in total. The first-order chi connectivity index (χ1) is 19.3. The van der Waals surface area contributed by atoms with Crippen molar-refractivity contribution in [1.82, 2.24) is 16.0 Å². The summed E-state index contributed by atoms with van der Waals surface area (Å²) in [6, 6.07) is 8.89. The molecule has 0 aromatic heterocycles. The average molecular weight is 571 g/mol. The Balaban J connectivity index is 2.24. The van der Waals surface area contributed by atoms with E-state index in [4.69, 9.17) is 17.2 Å². The lowest BCUT2D eigenvalue weighted by Crippen LogP contribution is -2.58. The molecular weight excluding hydrogens is 536 g/mol. The quantitative estimate of drug-likeness (QED) is 0.113. The molecule has 2 rings (SSSR count). The van der Waals surface area contributed by atoms with Gasteiger partial charge in [0, 0.05) is 19.3 Å². The molecule has 0 saturated heterocycles. The Hall–Kier alpha value is -4.98. The Bertz CT molecular complexity index is 1240. The van der Waals surface area contributed by atoms with Gasteiger partial charge in [-0.05, 0) is 29.7 Å². The number of aliphatic carboxylic acids is 1. The number of carbonyl (C=O) groups is 6. The summed E-state index contributed by atoms with van der Waals surface area (Å²) in [6.07, 6.45) is -1.20. The molecule has 4 unspecified atom stereocenters. The first kappa shape index (κ1) is 32.2. The number of hydrogen-bond acceptors (Lipinski definition) is 8. The van der Waals surface area contributed by atoms with Crippen molar-refractivity contribution in [3.63, 3.8) is 0 Å². The van der Waals surface area contributed by atoms with E-state index in [0.29, 0.717) is 11.1 Å². The first-order valence-electron chi connectivity index (χ1n) is 12.6. The van der Waals surface area contributed by atoms with Crippen molar-refractivity contribution < 1.29 is 39.0 Å². The second-order valence-corrected chi connectivity index (χ2v) is 9.36. The number of rotatable bonds is 16. The summed E-state index contributed by atoms with van der Waals surface area (Å²) in [5.41, 5.74) is 17.2. The lowest BCUT2D eigenvalue weighted by Gasteiger charge is -2.25. The third kappa shape index (κ3) is 11.3. The van der Waals surface area contributed by atoms with E-state index in [1.165, 1.54) is 24.3 Å². The molecule has 2 aromatic rings. The van der Waals surface area contributed by atoms with Crippen molar-refractivity contribution in [3.05, 3.63) is 65.7 Å². The molecule has 0 saturated carbocycles. The largest absolute Gasteiger partial charge is 0.508 e. The van der Waals surface area contributed by atoms with Crippen LogP contribution in [0, 0.1) is 0 Å². The molecule has 0 radical (unpaired) electrons. The highest BCUT2D eigenvalue weighted by Crippen LogP contribution is 2.12. The molecule has 220 valence electrons. The number of carboxylic acids is 1. The zero-order valence-corrected chi connectivity index (χ0v) is 22.1. The molecular formula is C27H34N6O8. The van der Waals surface area contributed by atoms with Gasteiger partial charge in [-0.15, -0.1) is 0 Å². The summed E-state index contributed by atoms with van der Waals surface area (Å²) in [6.45, 7) is 0. The van der Waals surface area contributed by atoms with Crippen LogP contribution in [0.5, 0.6) is 5.75 Å². The van der Waals surface area contributed by atoms with E-state index >= 15 is 0 Å². The van der Waals surface area contributed by atoms with Crippen molar-refractivity contribution >= 4 is 35.5 Å². The second kappa shape index (κ2) is 15.6. The van der Waals surface area contributed by atoms with Gasteiger partial charge < -0.3 is 43.4 Å². The molecule has 0 bridgehead atoms. The fraction of sp³-hybridized carbons (Fsp3) is 0.333. The maximum Gasteiger partial charge on any atom is 0.326 e. The monoisotopic (exact) mass is 570 g/mol. The summed E-state index contributed by atoms with van der Waals surface area (Å²) in [4.78, 5) is 73.6. The number of carbonyl (C=O) groups excluding carboxylic acids is 5. The van der Waals surface area contributed by atoms with Crippen LogP contribution in [0.1, 0.15) is 30.4 Å². The smallest absolute Gasteiger partial charge is 0.326 e. The number of benzene rings is 2. The third-order valence-electron chi connectivity index (χ3n) is 5.98. The Morgan fingerprint density at radius 2 is 1.20 bits per heavy atom. The Morgan fingerprint density at radius 1 is 0.683 bits per heavy atom. The van der Waals surface area contributed by atoms with E-state index in [-0.39, 0.29) is 31.4 Å². The van der Waals surface area contributed by atoms with E-state index < -0.39 is 66.1 Å². The van der Waals surface area contributed by atoms with Crippen LogP contribution in [0.25, 0.3) is 0 Å². The predicted molar refractivity (Wildman–Crippen MR) is 146 cm³/mol. The molecule has 0 fully saturated rings. The van der Waals surface area contributed by atoms with E-state index in [0.717, 1.165) is 0 Å². The van der Waals surface area contributed by atoms with Crippen LogP contribution in [-0.2, 0) is 41.6 Å². The van der Waals surface area contributed by atoms with Gasteiger partial charge in [0.15, 0.2) is 0 Å². The van der Waals surface area contributed by atoms with Gasteiger partial charge in [0.25, 0.3) is 0 Å². The molecule has 41 heavy (non-hydrogen) atoms. The third-order valence-corrected chi connectivity index (χ3v) is 5.98. The number of primary amides is 2. The number of phenols is 1. The summed E-state index contributed by atoms with van der Waals surface area (Å²) in [5.74, 6) is -5.53. The van der Waals surface area contributed by atoms with Crippen LogP contribution in [0.3, 0.4) is 0 Å². The van der Waals surface area contributed by atoms with E-state index in [1.807, 2.05) is 0 Å². The van der Waals surface area contributed by atoms with Crippen LogP contribution in [0.4, 0.5) is 0 Å². The number of carboxylic acid groups (broad SMARTS) is 1. The summed E-state index contributed by atoms with van der Waals surface area (Å²) < 4.78 is 0. The first-order valence-corrected chi connectivity index (χ1v) is 12.6. The van der Waals surface area contributed by atoms with Gasteiger partial charge in [0.2, 0.25) is 29.5 Å². The van der Waals surface area contributed by atoms with Crippen LogP contribution in [0.15, 0.2) is 54.6 Å². The Labute approximate surface area is 235 Å². The Kier molecular flexibility index (Phi) is 12.2. The lowest BCUT2D eigenvalue weighted by molar-refractivity contribution is -0.142. The number of nitrogens with two attached hydrogens (primary N) is 3. The number of hydrogen-bond donors (Lipinski definition) is 8. The van der Waals surface area contributed by atoms with Crippen molar-refractivity contribution in [2.45, 2.75) is 56.3 Å². The van der Waals surface area contributed by atoms with Gasteiger partial charge in [-0.1, -0.05) is 42.5 Å². The van der Waals surface area contributed by atoms with Crippen LogP contribution < -0.4 is 33.2 Å². The fourth-order valence-electron chi connectivity index (χ4n) is 3.82. The van der Waals surface area contributed by atoms with E-state index in [2.05, 4.69) is 16.0 Å². The average Bonchev–Trinajstić information content (AvgIpc) is 2.91.